The van der Waals surface area contributed by atoms with Crippen molar-refractivity contribution in [3.8, 4) is 0 Å². The van der Waals surface area contributed by atoms with Crippen molar-refractivity contribution >= 4 is 5.91 Å². The number of carbonyl (C=O) groups excluding carboxylic acids is 1. The maximum Gasteiger partial charge on any atom is 0.220 e. The predicted octanol–water partition coefficient (Wildman–Crippen LogP) is 2.43. The van der Waals surface area contributed by atoms with Crippen LogP contribution in [0.1, 0.15) is 50.6 Å². The lowest BCUT2D eigenvalue weighted by atomic mass is 9.86. The van der Waals surface area contributed by atoms with Crippen molar-refractivity contribution in [1.29, 1.82) is 0 Å². The molecule has 0 bridgehead atoms. The molecule has 1 aliphatic rings. The summed E-state index contributed by atoms with van der Waals surface area (Å²) in [7, 11) is 0. The van der Waals surface area contributed by atoms with Crippen LogP contribution in [0.15, 0.2) is 12.5 Å². The van der Waals surface area contributed by atoms with Crippen LogP contribution in [0.4, 0.5) is 0 Å². The van der Waals surface area contributed by atoms with Crippen LogP contribution in [0.25, 0.3) is 0 Å². The molecule has 1 heterocycles. The average Bonchev–Trinajstić information content (AvgIpc) is 2.91. The molecule has 1 aromatic heterocycles. The van der Waals surface area contributed by atoms with Gasteiger partial charge in [-0.2, -0.15) is 0 Å². The smallest absolute Gasteiger partial charge is 0.220 e. The Morgan fingerprint density at radius 1 is 1.39 bits per heavy atom. The number of nitrogens with zero attached hydrogens (tertiary/aromatic N) is 1. The Morgan fingerprint density at radius 3 is 2.94 bits per heavy atom. The third-order valence-corrected chi connectivity index (χ3v) is 3.78. The van der Waals surface area contributed by atoms with E-state index < -0.39 is 0 Å². The summed E-state index contributed by atoms with van der Waals surface area (Å²) < 4.78 is 0. The van der Waals surface area contributed by atoms with Gasteiger partial charge in [0.05, 0.1) is 6.33 Å². The molecule has 4 heteroatoms. The molecule has 1 amide bonds. The predicted molar refractivity (Wildman–Crippen MR) is 71.1 cm³/mol. The minimum Gasteiger partial charge on any atom is -0.356 e. The van der Waals surface area contributed by atoms with Gasteiger partial charge in [-0.25, -0.2) is 4.98 Å². The number of amides is 1. The highest BCUT2D eigenvalue weighted by Gasteiger charge is 2.14. The van der Waals surface area contributed by atoms with Gasteiger partial charge in [-0.05, 0) is 12.3 Å². The Morgan fingerprint density at radius 2 is 2.22 bits per heavy atom. The van der Waals surface area contributed by atoms with Crippen LogP contribution in [-0.4, -0.2) is 22.4 Å². The van der Waals surface area contributed by atoms with Crippen molar-refractivity contribution in [1.82, 2.24) is 15.3 Å². The first kappa shape index (κ1) is 13.1. The van der Waals surface area contributed by atoms with Crippen molar-refractivity contribution in [2.45, 2.75) is 51.4 Å². The lowest BCUT2D eigenvalue weighted by Gasteiger charge is -2.20. The zero-order chi connectivity index (χ0) is 12.6. The number of hydrogen-bond donors (Lipinski definition) is 2. The Bertz CT molecular complexity index is 342. The normalized spacial score (nSPS) is 16.7. The molecule has 1 aromatic rings. The molecule has 0 aliphatic heterocycles. The van der Waals surface area contributed by atoms with Crippen LogP contribution in [0.2, 0.25) is 0 Å². The Labute approximate surface area is 109 Å². The lowest BCUT2D eigenvalue weighted by Crippen LogP contribution is -2.26. The van der Waals surface area contributed by atoms with Gasteiger partial charge in [0.1, 0.15) is 0 Å². The van der Waals surface area contributed by atoms with Gasteiger partial charge >= 0.3 is 0 Å². The molecule has 2 rings (SSSR count). The third kappa shape index (κ3) is 4.51. The van der Waals surface area contributed by atoms with E-state index in [1.807, 2.05) is 0 Å². The van der Waals surface area contributed by atoms with E-state index in [0.29, 0.717) is 13.0 Å². The fraction of sp³-hybridized carbons (Fsp3) is 0.714. The molecule has 0 atom stereocenters. The van der Waals surface area contributed by atoms with Crippen LogP contribution >= 0.6 is 0 Å². The molecular weight excluding hydrogens is 226 g/mol. The number of nitrogens with one attached hydrogen (secondary N) is 2. The van der Waals surface area contributed by atoms with Crippen LogP contribution in [0, 0.1) is 5.92 Å². The minimum absolute atomic E-state index is 0.195. The molecule has 0 saturated heterocycles. The lowest BCUT2D eigenvalue weighted by molar-refractivity contribution is -0.121. The summed E-state index contributed by atoms with van der Waals surface area (Å²) >= 11 is 0. The van der Waals surface area contributed by atoms with Gasteiger partial charge in [-0.15, -0.1) is 0 Å². The number of H-pyrrole nitrogens is 1. The maximum absolute atomic E-state index is 11.7. The summed E-state index contributed by atoms with van der Waals surface area (Å²) in [5, 5.41) is 2.97. The number of aromatic amines is 1. The molecule has 4 nitrogen and oxygen atoms in total. The van der Waals surface area contributed by atoms with E-state index in [0.717, 1.165) is 24.5 Å². The molecule has 0 spiro atoms. The molecule has 1 aliphatic carbocycles. The van der Waals surface area contributed by atoms with Crippen LogP contribution < -0.4 is 5.32 Å². The highest BCUT2D eigenvalue weighted by molar-refractivity contribution is 5.75. The molecular formula is C14H23N3O. The number of hydrogen-bond acceptors (Lipinski definition) is 2. The van der Waals surface area contributed by atoms with Crippen molar-refractivity contribution in [2.24, 2.45) is 5.92 Å². The zero-order valence-corrected chi connectivity index (χ0v) is 11.0. The van der Waals surface area contributed by atoms with Crippen LogP contribution in [-0.2, 0) is 11.2 Å². The quantitative estimate of drug-likeness (QED) is 0.813. The first-order valence-electron chi connectivity index (χ1n) is 7.08. The SMILES string of the molecule is O=C(CCC1CCCCC1)NCCc1cnc[nH]1. The first-order chi connectivity index (χ1) is 8.84. The highest BCUT2D eigenvalue weighted by Crippen LogP contribution is 2.27. The minimum atomic E-state index is 0.195. The van der Waals surface area contributed by atoms with Gasteiger partial charge in [0.25, 0.3) is 0 Å². The molecule has 1 fully saturated rings. The maximum atomic E-state index is 11.7. The molecule has 2 N–H and O–H groups in total. The zero-order valence-electron chi connectivity index (χ0n) is 11.0. The summed E-state index contributed by atoms with van der Waals surface area (Å²) in [5.41, 5.74) is 1.07. The fourth-order valence-corrected chi connectivity index (χ4v) is 2.66. The number of imidazole rings is 1. The summed E-state index contributed by atoms with van der Waals surface area (Å²) in [6.45, 7) is 0.700. The van der Waals surface area contributed by atoms with Crippen LogP contribution in [0.3, 0.4) is 0 Å². The second-order valence-electron chi connectivity index (χ2n) is 5.22. The highest BCUT2D eigenvalue weighted by atomic mass is 16.1. The summed E-state index contributed by atoms with van der Waals surface area (Å²) in [5.74, 6) is 0.984. The van der Waals surface area contributed by atoms with Crippen molar-refractivity contribution in [3.63, 3.8) is 0 Å². The Balaban J connectivity index is 1.54. The van der Waals surface area contributed by atoms with Crippen molar-refractivity contribution < 1.29 is 4.79 Å². The van der Waals surface area contributed by atoms with Gasteiger partial charge < -0.3 is 10.3 Å². The topological polar surface area (TPSA) is 57.8 Å². The Kier molecular flexibility index (Phi) is 5.24. The molecule has 0 unspecified atom stereocenters. The van der Waals surface area contributed by atoms with E-state index in [9.17, 15) is 4.79 Å². The molecule has 18 heavy (non-hydrogen) atoms. The van der Waals surface area contributed by atoms with Gasteiger partial charge in [0.2, 0.25) is 5.91 Å². The molecule has 0 radical (unpaired) electrons. The van der Waals surface area contributed by atoms with Crippen LogP contribution in [0.5, 0.6) is 0 Å². The first-order valence-corrected chi connectivity index (χ1v) is 7.08. The number of rotatable bonds is 6. The number of aromatic nitrogens is 2. The second-order valence-corrected chi connectivity index (χ2v) is 5.22. The second kappa shape index (κ2) is 7.19. The molecule has 100 valence electrons. The van der Waals surface area contributed by atoms with E-state index >= 15 is 0 Å². The average molecular weight is 249 g/mol. The summed E-state index contributed by atoms with van der Waals surface area (Å²) in [6.07, 6.45) is 12.8. The number of carbonyl (C=O) groups is 1. The van der Waals surface area contributed by atoms with E-state index in [1.165, 1.54) is 32.1 Å². The van der Waals surface area contributed by atoms with E-state index in [2.05, 4.69) is 15.3 Å². The van der Waals surface area contributed by atoms with Gasteiger partial charge in [0.15, 0.2) is 0 Å². The van der Waals surface area contributed by atoms with Crippen molar-refractivity contribution in [3.05, 3.63) is 18.2 Å². The fourth-order valence-electron chi connectivity index (χ4n) is 2.66. The molecule has 0 aromatic carbocycles. The van der Waals surface area contributed by atoms with Gasteiger partial charge in [-0.3, -0.25) is 4.79 Å². The Hall–Kier alpha value is -1.32. The standard InChI is InChI=1S/C14H23N3O/c18-14(7-6-12-4-2-1-3-5-12)16-9-8-13-10-15-11-17-13/h10-12H,1-9H2,(H,15,17)(H,16,18). The van der Waals surface area contributed by atoms with E-state index in [4.69, 9.17) is 0 Å². The largest absolute Gasteiger partial charge is 0.356 e. The monoisotopic (exact) mass is 249 g/mol. The van der Waals surface area contributed by atoms with Gasteiger partial charge in [-0.1, -0.05) is 32.1 Å². The summed E-state index contributed by atoms with van der Waals surface area (Å²) in [6, 6.07) is 0. The van der Waals surface area contributed by atoms with Gasteiger partial charge in [0, 0.05) is 31.3 Å². The van der Waals surface area contributed by atoms with Crippen molar-refractivity contribution in [2.75, 3.05) is 6.54 Å². The molecule has 1 saturated carbocycles. The van der Waals surface area contributed by atoms with E-state index in [1.54, 1.807) is 12.5 Å². The summed E-state index contributed by atoms with van der Waals surface area (Å²) in [4.78, 5) is 18.7. The van der Waals surface area contributed by atoms with E-state index in [-0.39, 0.29) is 5.91 Å². The third-order valence-electron chi connectivity index (χ3n) is 3.78.